The molecule has 0 amide bonds. The minimum Gasteiger partial charge on any atom is -0.297 e. The highest BCUT2D eigenvalue weighted by Crippen LogP contribution is 2.57. The lowest BCUT2D eigenvalue weighted by Gasteiger charge is -2.04. The Balaban J connectivity index is 1.76. The lowest BCUT2D eigenvalue weighted by molar-refractivity contribution is -0.121. The number of fused-ring (bicyclic) bond motifs is 1. The number of hydrogen-bond donors (Lipinski definition) is 0. The molecule has 3 atom stereocenters. The van der Waals surface area contributed by atoms with Crippen LogP contribution in [-0.4, -0.2) is 5.78 Å². The second-order valence-electron chi connectivity index (χ2n) is 5.12. The number of ketones is 1. The first-order valence-corrected chi connectivity index (χ1v) is 7.17. The van der Waals surface area contributed by atoms with Crippen LogP contribution >= 0.6 is 11.3 Å². The van der Waals surface area contributed by atoms with Crippen molar-refractivity contribution in [1.29, 1.82) is 5.26 Å². The maximum absolute atomic E-state index is 12.4. The van der Waals surface area contributed by atoms with Gasteiger partial charge in [-0.2, -0.15) is 5.26 Å². The zero-order chi connectivity index (χ0) is 11.8. The summed E-state index contributed by atoms with van der Waals surface area (Å²) >= 11 is 1.52. The number of carbonyl (C=O) groups excluding carboxylic acids is 1. The van der Waals surface area contributed by atoms with Crippen LogP contribution in [0.2, 0.25) is 0 Å². The molecule has 17 heavy (non-hydrogen) atoms. The van der Waals surface area contributed by atoms with E-state index >= 15 is 0 Å². The predicted molar refractivity (Wildman–Crippen MR) is 66.6 cm³/mol. The number of thiophene rings is 1. The van der Waals surface area contributed by atoms with E-state index in [1.54, 1.807) is 0 Å². The Hall–Kier alpha value is -1.14. The highest BCUT2D eigenvalue weighted by molar-refractivity contribution is 7.10. The van der Waals surface area contributed by atoms with Gasteiger partial charge in [0, 0.05) is 10.8 Å². The van der Waals surface area contributed by atoms with Gasteiger partial charge in [0.15, 0.2) is 5.78 Å². The Kier molecular flexibility index (Phi) is 2.76. The maximum atomic E-state index is 12.4. The first-order chi connectivity index (χ1) is 8.33. The number of hydrogen-bond acceptors (Lipinski definition) is 3. The number of nitrogens with zero attached hydrogens (tertiary/aromatic N) is 1. The second-order valence-corrected chi connectivity index (χ2v) is 6.10. The molecule has 2 aliphatic carbocycles. The average molecular weight is 245 g/mol. The summed E-state index contributed by atoms with van der Waals surface area (Å²) in [5, 5.41) is 11.2. The Labute approximate surface area is 105 Å². The van der Waals surface area contributed by atoms with Gasteiger partial charge in [-0.05, 0) is 36.1 Å². The molecule has 3 rings (SSSR count). The Morgan fingerprint density at radius 3 is 2.65 bits per heavy atom. The summed E-state index contributed by atoms with van der Waals surface area (Å²) in [4.78, 5) is 13.3. The van der Waals surface area contributed by atoms with Gasteiger partial charge in [0.05, 0.1) is 6.07 Å². The van der Waals surface area contributed by atoms with Crippen molar-refractivity contribution in [2.45, 2.75) is 31.6 Å². The van der Waals surface area contributed by atoms with Crippen LogP contribution in [0.3, 0.4) is 0 Å². The van der Waals surface area contributed by atoms with E-state index in [9.17, 15) is 10.1 Å². The first-order valence-electron chi connectivity index (χ1n) is 6.29. The van der Waals surface area contributed by atoms with E-state index in [0.29, 0.717) is 11.8 Å². The van der Waals surface area contributed by atoms with Gasteiger partial charge in [-0.3, -0.25) is 4.79 Å². The van der Waals surface area contributed by atoms with E-state index in [1.165, 1.54) is 37.0 Å². The van der Waals surface area contributed by atoms with Crippen molar-refractivity contribution >= 4 is 17.1 Å². The van der Waals surface area contributed by atoms with Crippen molar-refractivity contribution in [1.82, 2.24) is 0 Å². The molecule has 1 aromatic heterocycles. The largest absolute Gasteiger partial charge is 0.297 e. The summed E-state index contributed by atoms with van der Waals surface area (Å²) in [5.74, 6) is 1.08. The fourth-order valence-electron chi connectivity index (χ4n) is 3.33. The lowest BCUT2D eigenvalue weighted by Crippen LogP contribution is -2.13. The van der Waals surface area contributed by atoms with Crippen LogP contribution in [0, 0.1) is 29.1 Å². The molecule has 88 valence electrons. The summed E-state index contributed by atoms with van der Waals surface area (Å²) in [5.41, 5.74) is 0. The molecule has 2 nitrogen and oxygen atoms in total. The van der Waals surface area contributed by atoms with Crippen molar-refractivity contribution in [2.75, 3.05) is 0 Å². The molecule has 0 bridgehead atoms. The molecule has 1 heterocycles. The molecular weight excluding hydrogens is 230 g/mol. The molecule has 0 aromatic carbocycles. The third kappa shape index (κ3) is 1.81. The van der Waals surface area contributed by atoms with Crippen LogP contribution in [0.1, 0.15) is 36.5 Å². The third-order valence-electron chi connectivity index (χ3n) is 4.23. The van der Waals surface area contributed by atoms with Crippen LogP contribution in [0.5, 0.6) is 0 Å². The van der Waals surface area contributed by atoms with Crippen molar-refractivity contribution < 1.29 is 4.79 Å². The molecule has 0 radical (unpaired) electrons. The fraction of sp³-hybridized carbons (Fsp3) is 0.571. The average Bonchev–Trinajstić information content (AvgIpc) is 2.84. The van der Waals surface area contributed by atoms with Crippen LogP contribution < -0.4 is 0 Å². The molecular formula is C14H15NOS. The van der Waals surface area contributed by atoms with Crippen molar-refractivity contribution in [3.05, 3.63) is 22.4 Å². The van der Waals surface area contributed by atoms with E-state index in [1.807, 2.05) is 17.5 Å². The van der Waals surface area contributed by atoms with Gasteiger partial charge in [-0.25, -0.2) is 0 Å². The highest BCUT2D eigenvalue weighted by atomic mass is 32.1. The fourth-order valence-corrected chi connectivity index (χ4v) is 4.11. The topological polar surface area (TPSA) is 40.9 Å². The molecule has 1 aromatic rings. The zero-order valence-electron chi connectivity index (χ0n) is 9.63. The third-order valence-corrected chi connectivity index (χ3v) is 5.16. The van der Waals surface area contributed by atoms with Crippen LogP contribution in [0.15, 0.2) is 17.5 Å². The lowest BCUT2D eigenvalue weighted by atomic mass is 9.98. The molecule has 0 N–H and O–H groups in total. The normalized spacial score (nSPS) is 32.3. The van der Waals surface area contributed by atoms with Gasteiger partial charge < -0.3 is 0 Å². The summed E-state index contributed by atoms with van der Waals surface area (Å²) in [7, 11) is 0. The molecule has 2 fully saturated rings. The van der Waals surface area contributed by atoms with E-state index in [2.05, 4.69) is 6.07 Å². The minimum absolute atomic E-state index is 0.187. The molecule has 0 aliphatic heterocycles. The van der Waals surface area contributed by atoms with E-state index in [4.69, 9.17) is 0 Å². The van der Waals surface area contributed by atoms with Crippen molar-refractivity contribution in [2.24, 2.45) is 17.8 Å². The molecule has 3 unspecified atom stereocenters. The molecule has 2 aliphatic rings. The molecule has 2 saturated carbocycles. The van der Waals surface area contributed by atoms with Gasteiger partial charge in [0.25, 0.3) is 0 Å². The monoisotopic (exact) mass is 245 g/mol. The second kappa shape index (κ2) is 4.27. The highest BCUT2D eigenvalue weighted by Gasteiger charge is 2.55. The van der Waals surface area contributed by atoms with Gasteiger partial charge in [-0.15, -0.1) is 11.3 Å². The molecule has 0 spiro atoms. The van der Waals surface area contributed by atoms with E-state index in [-0.39, 0.29) is 11.7 Å². The van der Waals surface area contributed by atoms with Gasteiger partial charge >= 0.3 is 0 Å². The Morgan fingerprint density at radius 1 is 1.41 bits per heavy atom. The van der Waals surface area contributed by atoms with Crippen LogP contribution in [0.4, 0.5) is 0 Å². The van der Waals surface area contributed by atoms with Gasteiger partial charge in [0.2, 0.25) is 0 Å². The van der Waals surface area contributed by atoms with Gasteiger partial charge in [0.1, 0.15) is 5.92 Å². The summed E-state index contributed by atoms with van der Waals surface area (Å²) in [6.45, 7) is 0. The number of Topliss-reactive ketones (excluding diaryl/α,β-unsaturated/α-hetero) is 1. The smallest absolute Gasteiger partial charge is 0.158 e. The van der Waals surface area contributed by atoms with Crippen molar-refractivity contribution in [3.8, 4) is 6.07 Å². The number of rotatable bonds is 3. The Bertz CT molecular complexity index is 447. The maximum Gasteiger partial charge on any atom is 0.158 e. The van der Waals surface area contributed by atoms with Gasteiger partial charge in [-0.1, -0.05) is 18.9 Å². The molecule has 3 heteroatoms. The molecule has 0 saturated heterocycles. The predicted octanol–water partition coefficient (Wildman–Crippen LogP) is 3.36. The summed E-state index contributed by atoms with van der Waals surface area (Å²) < 4.78 is 0. The van der Waals surface area contributed by atoms with Crippen molar-refractivity contribution in [3.63, 3.8) is 0 Å². The zero-order valence-corrected chi connectivity index (χ0v) is 10.5. The SMILES string of the molecule is N#CC(C(=O)C1C2CCCCC21)c1cccs1. The van der Waals surface area contributed by atoms with E-state index in [0.717, 1.165) is 4.88 Å². The minimum atomic E-state index is -0.509. The van der Waals surface area contributed by atoms with E-state index < -0.39 is 5.92 Å². The standard InChI is InChI=1S/C14H15NOS/c15-8-11(12-6-3-7-17-12)14(16)13-9-4-1-2-5-10(9)13/h3,6-7,9-11,13H,1-2,4-5H2. The van der Waals surface area contributed by atoms with Crippen LogP contribution in [0.25, 0.3) is 0 Å². The Morgan fingerprint density at radius 2 is 2.12 bits per heavy atom. The quantitative estimate of drug-likeness (QED) is 0.819. The first kappa shape index (κ1) is 11.0. The number of carbonyl (C=O) groups is 1. The van der Waals surface area contributed by atoms with Crippen LogP contribution in [-0.2, 0) is 4.79 Å². The summed E-state index contributed by atoms with van der Waals surface area (Å²) in [6.07, 6.45) is 4.93. The number of nitriles is 1. The summed E-state index contributed by atoms with van der Waals surface area (Å²) in [6, 6.07) is 6.02.